The van der Waals surface area contributed by atoms with Crippen LogP contribution in [0.2, 0.25) is 0 Å². The third-order valence-corrected chi connectivity index (χ3v) is 5.42. The molecule has 1 fully saturated rings. The van der Waals surface area contributed by atoms with Gasteiger partial charge in [0.15, 0.2) is 5.96 Å². The van der Waals surface area contributed by atoms with Crippen molar-refractivity contribution in [2.45, 2.75) is 44.9 Å². The summed E-state index contributed by atoms with van der Waals surface area (Å²) in [7, 11) is 0. The molecule has 1 aliphatic rings. The Morgan fingerprint density at radius 3 is 3.00 bits per heavy atom. The molecular weight excluding hydrogens is 294 g/mol. The Morgan fingerprint density at radius 2 is 2.36 bits per heavy atom. The van der Waals surface area contributed by atoms with Crippen LogP contribution in [0.1, 0.15) is 33.6 Å². The van der Waals surface area contributed by atoms with E-state index in [1.807, 2.05) is 23.1 Å². The lowest BCUT2D eigenvalue weighted by atomic mass is 10.1. The van der Waals surface area contributed by atoms with Crippen molar-refractivity contribution in [2.75, 3.05) is 25.4 Å². The van der Waals surface area contributed by atoms with E-state index in [0.29, 0.717) is 10.7 Å². The Labute approximate surface area is 138 Å². The van der Waals surface area contributed by atoms with E-state index in [1.165, 1.54) is 18.6 Å². The van der Waals surface area contributed by atoms with E-state index in [4.69, 9.17) is 4.99 Å². The number of nitrogens with one attached hydrogen (secondary N) is 2. The van der Waals surface area contributed by atoms with Crippen molar-refractivity contribution >= 4 is 17.7 Å². The second-order valence-electron chi connectivity index (χ2n) is 6.31. The molecule has 1 aliphatic heterocycles. The van der Waals surface area contributed by atoms with Crippen LogP contribution in [-0.4, -0.2) is 45.9 Å². The van der Waals surface area contributed by atoms with E-state index in [0.717, 1.165) is 32.1 Å². The van der Waals surface area contributed by atoms with Crippen molar-refractivity contribution in [1.29, 1.82) is 0 Å². The number of aromatic nitrogens is 2. The molecule has 2 rings (SSSR count). The standard InChI is InChI=1S/C16H29N5S/c1-4-17-15(19-13-16(3)7-5-10-22-16)18-11-14(2)12-21-9-6-8-20-21/h6,8-9,14H,4-5,7,10-13H2,1-3H3,(H2,17,18,19). The molecule has 2 heterocycles. The fourth-order valence-corrected chi connectivity index (χ4v) is 3.84. The van der Waals surface area contributed by atoms with Crippen molar-refractivity contribution in [3.05, 3.63) is 18.5 Å². The molecule has 5 nitrogen and oxygen atoms in total. The van der Waals surface area contributed by atoms with E-state index in [2.05, 4.69) is 48.3 Å². The molecule has 6 heteroatoms. The van der Waals surface area contributed by atoms with Gasteiger partial charge in [-0.1, -0.05) is 6.92 Å². The van der Waals surface area contributed by atoms with E-state index >= 15 is 0 Å². The van der Waals surface area contributed by atoms with Gasteiger partial charge >= 0.3 is 0 Å². The number of guanidine groups is 1. The number of nitrogens with zero attached hydrogens (tertiary/aromatic N) is 3. The maximum Gasteiger partial charge on any atom is 0.191 e. The summed E-state index contributed by atoms with van der Waals surface area (Å²) in [6.07, 6.45) is 6.43. The van der Waals surface area contributed by atoms with Gasteiger partial charge in [0.1, 0.15) is 0 Å². The van der Waals surface area contributed by atoms with Crippen LogP contribution in [0.4, 0.5) is 0 Å². The van der Waals surface area contributed by atoms with Gasteiger partial charge in [0.25, 0.3) is 0 Å². The summed E-state index contributed by atoms with van der Waals surface area (Å²) in [6, 6.07) is 1.96. The van der Waals surface area contributed by atoms with Gasteiger partial charge in [-0.25, -0.2) is 0 Å². The van der Waals surface area contributed by atoms with Crippen LogP contribution in [0.25, 0.3) is 0 Å². The zero-order chi connectivity index (χ0) is 15.8. The van der Waals surface area contributed by atoms with Crippen LogP contribution in [0.5, 0.6) is 0 Å². The molecule has 0 radical (unpaired) electrons. The highest BCUT2D eigenvalue weighted by molar-refractivity contribution is 8.00. The zero-order valence-electron chi connectivity index (χ0n) is 14.0. The van der Waals surface area contributed by atoms with Crippen molar-refractivity contribution in [1.82, 2.24) is 20.4 Å². The third kappa shape index (κ3) is 5.55. The molecule has 0 aromatic carbocycles. The molecule has 22 heavy (non-hydrogen) atoms. The predicted octanol–water partition coefficient (Wildman–Crippen LogP) is 2.36. The summed E-state index contributed by atoms with van der Waals surface area (Å²) in [6.45, 7) is 10.3. The first kappa shape index (κ1) is 17.2. The first-order valence-electron chi connectivity index (χ1n) is 8.25. The fraction of sp³-hybridized carbons (Fsp3) is 0.750. The van der Waals surface area contributed by atoms with Crippen molar-refractivity contribution < 1.29 is 0 Å². The Kier molecular flexibility index (Phi) is 6.61. The number of hydrogen-bond acceptors (Lipinski definition) is 3. The molecule has 2 N–H and O–H groups in total. The molecule has 0 aliphatic carbocycles. The summed E-state index contributed by atoms with van der Waals surface area (Å²) >= 11 is 2.06. The quantitative estimate of drug-likeness (QED) is 0.597. The molecular formula is C16H29N5S. The normalized spacial score (nSPS) is 23.5. The SMILES string of the molecule is CCNC(=NCC1(C)CCCS1)NCC(C)Cn1cccn1. The van der Waals surface area contributed by atoms with Crippen LogP contribution in [0, 0.1) is 5.92 Å². The smallest absolute Gasteiger partial charge is 0.191 e. The van der Waals surface area contributed by atoms with E-state index in [-0.39, 0.29) is 0 Å². The van der Waals surface area contributed by atoms with Crippen LogP contribution in [0.3, 0.4) is 0 Å². The Bertz CT molecular complexity index is 451. The van der Waals surface area contributed by atoms with Gasteiger partial charge in [-0.05, 0) is 44.4 Å². The predicted molar refractivity (Wildman–Crippen MR) is 95.5 cm³/mol. The minimum absolute atomic E-state index is 0.322. The average molecular weight is 324 g/mol. The Balaban J connectivity index is 1.80. The molecule has 124 valence electrons. The number of aliphatic imine (C=N–C) groups is 1. The molecule has 0 amide bonds. The van der Waals surface area contributed by atoms with Crippen LogP contribution < -0.4 is 10.6 Å². The summed E-state index contributed by atoms with van der Waals surface area (Å²) in [4.78, 5) is 4.79. The summed E-state index contributed by atoms with van der Waals surface area (Å²) < 4.78 is 2.30. The highest BCUT2D eigenvalue weighted by atomic mass is 32.2. The molecule has 1 saturated heterocycles. The summed E-state index contributed by atoms with van der Waals surface area (Å²) in [5.74, 6) is 2.71. The Hall–Kier alpha value is -1.17. The topological polar surface area (TPSA) is 54.2 Å². The highest BCUT2D eigenvalue weighted by Gasteiger charge is 2.29. The second-order valence-corrected chi connectivity index (χ2v) is 7.99. The monoisotopic (exact) mass is 323 g/mol. The largest absolute Gasteiger partial charge is 0.357 e. The minimum Gasteiger partial charge on any atom is -0.357 e. The second kappa shape index (κ2) is 8.46. The van der Waals surface area contributed by atoms with E-state index in [1.54, 1.807) is 0 Å². The maximum atomic E-state index is 4.79. The first-order valence-corrected chi connectivity index (χ1v) is 9.23. The van der Waals surface area contributed by atoms with Gasteiger partial charge in [-0.2, -0.15) is 16.9 Å². The zero-order valence-corrected chi connectivity index (χ0v) is 14.8. The molecule has 0 saturated carbocycles. The average Bonchev–Trinajstić information content (AvgIpc) is 3.14. The van der Waals surface area contributed by atoms with Crippen LogP contribution in [0.15, 0.2) is 23.5 Å². The van der Waals surface area contributed by atoms with Gasteiger partial charge in [0.2, 0.25) is 0 Å². The fourth-order valence-electron chi connectivity index (χ4n) is 2.61. The van der Waals surface area contributed by atoms with Crippen molar-refractivity contribution in [2.24, 2.45) is 10.9 Å². The molecule has 0 bridgehead atoms. The first-order chi connectivity index (χ1) is 10.6. The summed E-state index contributed by atoms with van der Waals surface area (Å²) in [5.41, 5.74) is 0. The lowest BCUT2D eigenvalue weighted by molar-refractivity contribution is 0.443. The number of hydrogen-bond donors (Lipinski definition) is 2. The van der Waals surface area contributed by atoms with E-state index < -0.39 is 0 Å². The Morgan fingerprint density at radius 1 is 1.50 bits per heavy atom. The van der Waals surface area contributed by atoms with Crippen LogP contribution in [-0.2, 0) is 6.54 Å². The molecule has 2 atom stereocenters. The van der Waals surface area contributed by atoms with Gasteiger partial charge in [0.05, 0.1) is 6.54 Å². The summed E-state index contributed by atoms with van der Waals surface area (Å²) in [5, 5.41) is 11.1. The maximum absolute atomic E-state index is 4.79. The van der Waals surface area contributed by atoms with Gasteiger partial charge in [0, 0.05) is 36.8 Å². The van der Waals surface area contributed by atoms with Crippen molar-refractivity contribution in [3.8, 4) is 0 Å². The van der Waals surface area contributed by atoms with Gasteiger partial charge < -0.3 is 10.6 Å². The molecule has 2 unspecified atom stereocenters. The lowest BCUT2D eigenvalue weighted by Gasteiger charge is -2.21. The molecule has 1 aromatic rings. The molecule has 0 spiro atoms. The van der Waals surface area contributed by atoms with Crippen LogP contribution >= 0.6 is 11.8 Å². The van der Waals surface area contributed by atoms with E-state index in [9.17, 15) is 0 Å². The highest BCUT2D eigenvalue weighted by Crippen LogP contribution is 2.37. The lowest BCUT2D eigenvalue weighted by Crippen LogP contribution is -2.41. The number of thioether (sulfide) groups is 1. The third-order valence-electron chi connectivity index (χ3n) is 3.89. The van der Waals surface area contributed by atoms with Gasteiger partial charge in [-0.3, -0.25) is 9.67 Å². The van der Waals surface area contributed by atoms with Crippen molar-refractivity contribution in [3.63, 3.8) is 0 Å². The van der Waals surface area contributed by atoms with Gasteiger partial charge in [-0.15, -0.1) is 0 Å². The molecule has 1 aromatic heterocycles. The number of rotatable bonds is 7. The minimum atomic E-state index is 0.322.